The van der Waals surface area contributed by atoms with Crippen LogP contribution < -0.4 is 4.74 Å². The lowest BCUT2D eigenvalue weighted by Gasteiger charge is -2.26. The third kappa shape index (κ3) is 2.97. The van der Waals surface area contributed by atoms with Gasteiger partial charge in [0.1, 0.15) is 17.7 Å². The first kappa shape index (κ1) is 15.8. The number of hydrogen-bond donors (Lipinski definition) is 0. The van der Waals surface area contributed by atoms with E-state index in [4.69, 9.17) is 32.7 Å². The standard InChI is InChI=1S/C18H16Cl2N2O2/c1-11-21-17-7-14(24-15-9-23-10-15)3-5-18(17)22(11)8-12-6-13(19)2-4-16(12)20/h2-7,15H,8-10H2,1H3. The van der Waals surface area contributed by atoms with Crippen LogP contribution in [0.25, 0.3) is 11.0 Å². The molecule has 0 aliphatic carbocycles. The lowest BCUT2D eigenvalue weighted by molar-refractivity contribution is -0.0796. The van der Waals surface area contributed by atoms with E-state index < -0.39 is 0 Å². The molecular formula is C18H16Cl2N2O2. The molecular weight excluding hydrogens is 347 g/mol. The third-order valence-corrected chi connectivity index (χ3v) is 4.76. The van der Waals surface area contributed by atoms with Crippen LogP contribution >= 0.6 is 23.2 Å². The van der Waals surface area contributed by atoms with E-state index in [0.717, 1.165) is 28.2 Å². The van der Waals surface area contributed by atoms with Crippen LogP contribution in [0.2, 0.25) is 10.0 Å². The number of ether oxygens (including phenoxy) is 2. The van der Waals surface area contributed by atoms with E-state index in [2.05, 4.69) is 9.55 Å². The summed E-state index contributed by atoms with van der Waals surface area (Å²) >= 11 is 12.4. The highest BCUT2D eigenvalue weighted by molar-refractivity contribution is 6.33. The first-order valence-electron chi connectivity index (χ1n) is 7.75. The maximum atomic E-state index is 6.30. The predicted molar refractivity (Wildman–Crippen MR) is 95.3 cm³/mol. The first-order chi connectivity index (χ1) is 11.6. The zero-order valence-electron chi connectivity index (χ0n) is 13.1. The Morgan fingerprint density at radius 3 is 2.79 bits per heavy atom. The van der Waals surface area contributed by atoms with Crippen LogP contribution in [-0.2, 0) is 11.3 Å². The Morgan fingerprint density at radius 2 is 2.04 bits per heavy atom. The van der Waals surface area contributed by atoms with Gasteiger partial charge >= 0.3 is 0 Å². The van der Waals surface area contributed by atoms with Crippen molar-refractivity contribution in [2.24, 2.45) is 0 Å². The molecule has 0 amide bonds. The van der Waals surface area contributed by atoms with E-state index in [1.54, 1.807) is 6.07 Å². The molecule has 1 fully saturated rings. The van der Waals surface area contributed by atoms with Crippen molar-refractivity contribution in [2.75, 3.05) is 13.2 Å². The van der Waals surface area contributed by atoms with Crippen molar-refractivity contribution in [3.63, 3.8) is 0 Å². The van der Waals surface area contributed by atoms with E-state index in [1.807, 2.05) is 37.3 Å². The van der Waals surface area contributed by atoms with Crippen molar-refractivity contribution in [2.45, 2.75) is 19.6 Å². The van der Waals surface area contributed by atoms with Gasteiger partial charge in [-0.1, -0.05) is 23.2 Å². The predicted octanol–water partition coefficient (Wildman–Crippen LogP) is 4.48. The van der Waals surface area contributed by atoms with Gasteiger partial charge in [-0.15, -0.1) is 0 Å². The van der Waals surface area contributed by atoms with Gasteiger partial charge in [-0.25, -0.2) is 4.98 Å². The molecule has 3 aromatic rings. The van der Waals surface area contributed by atoms with E-state index >= 15 is 0 Å². The van der Waals surface area contributed by atoms with Gasteiger partial charge < -0.3 is 14.0 Å². The normalized spacial score (nSPS) is 14.8. The van der Waals surface area contributed by atoms with Crippen LogP contribution in [0.4, 0.5) is 0 Å². The van der Waals surface area contributed by atoms with Crippen molar-refractivity contribution >= 4 is 34.2 Å². The average Bonchev–Trinajstić information content (AvgIpc) is 2.82. The summed E-state index contributed by atoms with van der Waals surface area (Å²) in [6, 6.07) is 11.5. The fourth-order valence-electron chi connectivity index (χ4n) is 2.81. The van der Waals surface area contributed by atoms with Crippen molar-refractivity contribution in [3.8, 4) is 5.75 Å². The van der Waals surface area contributed by atoms with E-state index in [0.29, 0.717) is 29.8 Å². The molecule has 0 bridgehead atoms. The number of aryl methyl sites for hydroxylation is 1. The topological polar surface area (TPSA) is 36.3 Å². The Kier molecular flexibility index (Phi) is 4.12. The highest BCUT2D eigenvalue weighted by Gasteiger charge is 2.20. The highest BCUT2D eigenvalue weighted by atomic mass is 35.5. The molecule has 1 aliphatic heterocycles. The minimum atomic E-state index is 0.149. The van der Waals surface area contributed by atoms with E-state index in [-0.39, 0.29) is 6.10 Å². The van der Waals surface area contributed by atoms with Crippen molar-refractivity contribution in [1.29, 1.82) is 0 Å². The second kappa shape index (κ2) is 6.28. The van der Waals surface area contributed by atoms with Crippen LogP contribution in [0, 0.1) is 6.92 Å². The Hall–Kier alpha value is -1.75. The van der Waals surface area contributed by atoms with Crippen molar-refractivity contribution in [1.82, 2.24) is 9.55 Å². The molecule has 0 radical (unpaired) electrons. The highest BCUT2D eigenvalue weighted by Crippen LogP contribution is 2.27. The minimum absolute atomic E-state index is 0.149. The Balaban J connectivity index is 1.67. The van der Waals surface area contributed by atoms with Gasteiger partial charge in [0, 0.05) is 16.1 Å². The molecule has 124 valence electrons. The number of benzene rings is 2. The largest absolute Gasteiger partial charge is 0.486 e. The van der Waals surface area contributed by atoms with Gasteiger partial charge in [0.15, 0.2) is 0 Å². The molecule has 2 aromatic carbocycles. The minimum Gasteiger partial charge on any atom is -0.486 e. The average molecular weight is 363 g/mol. The summed E-state index contributed by atoms with van der Waals surface area (Å²) in [4.78, 5) is 4.65. The Morgan fingerprint density at radius 1 is 1.21 bits per heavy atom. The molecule has 6 heteroatoms. The summed E-state index contributed by atoms with van der Waals surface area (Å²) < 4.78 is 13.1. The van der Waals surface area contributed by atoms with Gasteiger partial charge in [0.25, 0.3) is 0 Å². The number of hydrogen-bond acceptors (Lipinski definition) is 3. The molecule has 0 atom stereocenters. The smallest absolute Gasteiger partial charge is 0.145 e. The number of halogens is 2. The molecule has 1 aromatic heterocycles. The molecule has 0 spiro atoms. The van der Waals surface area contributed by atoms with Gasteiger partial charge in [0.2, 0.25) is 0 Å². The molecule has 0 saturated carbocycles. The van der Waals surface area contributed by atoms with E-state index in [1.165, 1.54) is 0 Å². The first-order valence-corrected chi connectivity index (χ1v) is 8.51. The lowest BCUT2D eigenvalue weighted by atomic mass is 10.2. The monoisotopic (exact) mass is 362 g/mol. The summed E-state index contributed by atoms with van der Waals surface area (Å²) in [6.07, 6.45) is 0.149. The molecule has 1 saturated heterocycles. The molecule has 4 nitrogen and oxygen atoms in total. The summed E-state index contributed by atoms with van der Waals surface area (Å²) in [7, 11) is 0. The van der Waals surface area contributed by atoms with Crippen LogP contribution in [0.5, 0.6) is 5.75 Å². The SMILES string of the molecule is Cc1nc2cc(OC3COC3)ccc2n1Cc1cc(Cl)ccc1Cl. The van der Waals surface area contributed by atoms with Crippen LogP contribution in [0.3, 0.4) is 0 Å². The van der Waals surface area contributed by atoms with Crippen molar-refractivity contribution in [3.05, 3.63) is 57.8 Å². The maximum absolute atomic E-state index is 6.30. The third-order valence-electron chi connectivity index (χ3n) is 4.16. The van der Waals surface area contributed by atoms with Crippen LogP contribution in [-0.4, -0.2) is 28.9 Å². The van der Waals surface area contributed by atoms with Gasteiger partial charge in [-0.2, -0.15) is 0 Å². The van der Waals surface area contributed by atoms with Crippen molar-refractivity contribution < 1.29 is 9.47 Å². The molecule has 0 unspecified atom stereocenters. The number of imidazole rings is 1. The second-order valence-corrected chi connectivity index (χ2v) is 6.75. The van der Waals surface area contributed by atoms with Crippen LogP contribution in [0.15, 0.2) is 36.4 Å². The Labute approximate surface area is 149 Å². The molecule has 4 rings (SSSR count). The maximum Gasteiger partial charge on any atom is 0.145 e. The number of nitrogens with zero attached hydrogens (tertiary/aromatic N) is 2. The molecule has 1 aliphatic rings. The van der Waals surface area contributed by atoms with Gasteiger partial charge in [0.05, 0.1) is 30.8 Å². The molecule has 0 N–H and O–H groups in total. The summed E-state index contributed by atoms with van der Waals surface area (Å²) in [5, 5.41) is 1.38. The number of fused-ring (bicyclic) bond motifs is 1. The number of aromatic nitrogens is 2. The number of rotatable bonds is 4. The zero-order chi connectivity index (χ0) is 16.7. The molecule has 24 heavy (non-hydrogen) atoms. The van der Waals surface area contributed by atoms with Gasteiger partial charge in [-0.05, 0) is 42.8 Å². The summed E-state index contributed by atoms with van der Waals surface area (Å²) in [6.45, 7) is 3.91. The van der Waals surface area contributed by atoms with Gasteiger partial charge in [-0.3, -0.25) is 0 Å². The quantitative estimate of drug-likeness (QED) is 0.686. The Bertz CT molecular complexity index is 903. The fourth-order valence-corrected chi connectivity index (χ4v) is 3.18. The fraction of sp³-hybridized carbons (Fsp3) is 0.278. The zero-order valence-corrected chi connectivity index (χ0v) is 14.6. The van der Waals surface area contributed by atoms with Crippen LogP contribution in [0.1, 0.15) is 11.4 Å². The second-order valence-electron chi connectivity index (χ2n) is 5.91. The van der Waals surface area contributed by atoms with E-state index in [9.17, 15) is 0 Å². The lowest BCUT2D eigenvalue weighted by Crippen LogP contribution is -2.38. The summed E-state index contributed by atoms with van der Waals surface area (Å²) in [5.74, 6) is 1.74. The molecule has 2 heterocycles. The summed E-state index contributed by atoms with van der Waals surface area (Å²) in [5.41, 5.74) is 2.92.